The van der Waals surface area contributed by atoms with Crippen molar-refractivity contribution in [2.24, 2.45) is 0 Å². The van der Waals surface area contributed by atoms with Crippen LogP contribution in [0.3, 0.4) is 0 Å². The monoisotopic (exact) mass is 402 g/mol. The summed E-state index contributed by atoms with van der Waals surface area (Å²) in [7, 11) is 0. The maximum atomic E-state index is 13.6. The van der Waals surface area contributed by atoms with Gasteiger partial charge in [-0.25, -0.2) is 4.39 Å². The summed E-state index contributed by atoms with van der Waals surface area (Å²) >= 11 is 8.85. The summed E-state index contributed by atoms with van der Waals surface area (Å²) in [5.74, 6) is -1.43. The normalized spacial score (nSPS) is 10.2. The van der Waals surface area contributed by atoms with E-state index in [-0.39, 0.29) is 22.1 Å². The Balaban J connectivity index is 2.05. The SMILES string of the molecule is O=C(COc1ccc(Br)cc1F)Nc1cc(Cl)ccc1[N+](=O)[O-]. The Morgan fingerprint density at radius 1 is 1.35 bits per heavy atom. The van der Waals surface area contributed by atoms with Gasteiger partial charge >= 0.3 is 0 Å². The molecule has 0 fully saturated rings. The zero-order valence-electron chi connectivity index (χ0n) is 11.4. The minimum Gasteiger partial charge on any atom is -0.481 e. The Morgan fingerprint density at radius 2 is 2.09 bits per heavy atom. The highest BCUT2D eigenvalue weighted by Gasteiger charge is 2.17. The zero-order chi connectivity index (χ0) is 17.0. The lowest BCUT2D eigenvalue weighted by Gasteiger charge is -2.09. The molecule has 1 N–H and O–H groups in total. The van der Waals surface area contributed by atoms with Crippen LogP contribution in [0.1, 0.15) is 0 Å². The molecule has 23 heavy (non-hydrogen) atoms. The number of anilines is 1. The number of rotatable bonds is 5. The van der Waals surface area contributed by atoms with E-state index < -0.39 is 23.3 Å². The molecule has 0 saturated carbocycles. The topological polar surface area (TPSA) is 81.5 Å². The minimum absolute atomic E-state index is 0.0626. The Labute approximate surface area is 143 Å². The molecular formula is C14H9BrClFN2O4. The zero-order valence-corrected chi connectivity index (χ0v) is 13.7. The highest BCUT2D eigenvalue weighted by Crippen LogP contribution is 2.27. The van der Waals surface area contributed by atoms with E-state index in [1.54, 1.807) is 6.07 Å². The first kappa shape index (κ1) is 17.2. The van der Waals surface area contributed by atoms with Crippen molar-refractivity contribution in [1.82, 2.24) is 0 Å². The van der Waals surface area contributed by atoms with Crippen molar-refractivity contribution < 1.29 is 18.8 Å². The Bertz CT molecular complexity index is 772. The van der Waals surface area contributed by atoms with Gasteiger partial charge in [-0.15, -0.1) is 0 Å². The maximum Gasteiger partial charge on any atom is 0.292 e. The largest absolute Gasteiger partial charge is 0.481 e. The van der Waals surface area contributed by atoms with Crippen molar-refractivity contribution in [3.05, 3.63) is 61.8 Å². The summed E-state index contributed by atoms with van der Waals surface area (Å²) in [5.41, 5.74) is -0.370. The van der Waals surface area contributed by atoms with Crippen molar-refractivity contribution in [2.45, 2.75) is 0 Å². The molecule has 0 aliphatic heterocycles. The van der Waals surface area contributed by atoms with Crippen LogP contribution >= 0.6 is 27.5 Å². The molecule has 0 heterocycles. The number of nitro groups is 1. The summed E-state index contributed by atoms with van der Waals surface area (Å²) in [6.07, 6.45) is 0. The van der Waals surface area contributed by atoms with Gasteiger partial charge < -0.3 is 10.1 Å². The van der Waals surface area contributed by atoms with Crippen molar-refractivity contribution in [3.8, 4) is 5.75 Å². The summed E-state index contributed by atoms with van der Waals surface area (Å²) in [5, 5.41) is 13.4. The van der Waals surface area contributed by atoms with Crippen LogP contribution < -0.4 is 10.1 Å². The fourth-order valence-corrected chi connectivity index (χ4v) is 2.19. The predicted molar refractivity (Wildman–Crippen MR) is 86.3 cm³/mol. The highest BCUT2D eigenvalue weighted by atomic mass is 79.9. The maximum absolute atomic E-state index is 13.6. The third-order valence-electron chi connectivity index (χ3n) is 2.68. The van der Waals surface area contributed by atoms with Gasteiger partial charge in [-0.05, 0) is 30.3 Å². The standard InChI is InChI=1S/C14H9BrClFN2O4/c15-8-1-4-13(10(17)5-8)23-7-14(20)18-11-6-9(16)2-3-12(11)19(21)22/h1-6H,7H2,(H,18,20). The van der Waals surface area contributed by atoms with Crippen molar-refractivity contribution in [1.29, 1.82) is 0 Å². The number of carbonyl (C=O) groups excluding carboxylic acids is 1. The molecule has 120 valence electrons. The molecule has 1 amide bonds. The van der Waals surface area contributed by atoms with E-state index in [4.69, 9.17) is 16.3 Å². The van der Waals surface area contributed by atoms with E-state index in [0.29, 0.717) is 4.47 Å². The van der Waals surface area contributed by atoms with Gasteiger partial charge in [0.15, 0.2) is 18.2 Å². The molecule has 0 spiro atoms. The summed E-state index contributed by atoms with van der Waals surface area (Å²) in [6.45, 7) is -0.512. The number of carbonyl (C=O) groups is 1. The van der Waals surface area contributed by atoms with Crippen LogP contribution in [0.5, 0.6) is 5.75 Å². The number of nitro benzene ring substituents is 1. The van der Waals surface area contributed by atoms with Gasteiger partial charge in [-0.3, -0.25) is 14.9 Å². The molecule has 0 aromatic heterocycles. The molecule has 0 aliphatic rings. The molecule has 0 radical (unpaired) electrons. The fourth-order valence-electron chi connectivity index (χ4n) is 1.69. The summed E-state index contributed by atoms with van der Waals surface area (Å²) < 4.78 is 19.1. The number of nitrogens with zero attached hydrogens (tertiary/aromatic N) is 1. The number of hydrogen-bond acceptors (Lipinski definition) is 4. The van der Waals surface area contributed by atoms with Gasteiger partial charge in [0.05, 0.1) is 4.92 Å². The molecule has 9 heteroatoms. The van der Waals surface area contributed by atoms with Crippen LogP contribution in [0.2, 0.25) is 5.02 Å². The minimum atomic E-state index is -0.683. The van der Waals surface area contributed by atoms with Gasteiger partial charge in [0.25, 0.3) is 11.6 Å². The van der Waals surface area contributed by atoms with Crippen molar-refractivity contribution >= 4 is 44.8 Å². The van der Waals surface area contributed by atoms with Crippen LogP contribution in [-0.4, -0.2) is 17.4 Å². The molecule has 2 rings (SSSR count). The van der Waals surface area contributed by atoms with Crippen molar-refractivity contribution in [3.63, 3.8) is 0 Å². The van der Waals surface area contributed by atoms with Gasteiger partial charge in [-0.1, -0.05) is 27.5 Å². The first-order valence-corrected chi connectivity index (χ1v) is 7.35. The molecule has 0 unspecified atom stereocenters. The Morgan fingerprint density at radius 3 is 2.74 bits per heavy atom. The van der Waals surface area contributed by atoms with Crippen LogP contribution in [0.15, 0.2) is 40.9 Å². The number of benzene rings is 2. The third-order valence-corrected chi connectivity index (χ3v) is 3.41. The lowest BCUT2D eigenvalue weighted by molar-refractivity contribution is -0.383. The smallest absolute Gasteiger partial charge is 0.292 e. The lowest BCUT2D eigenvalue weighted by atomic mass is 10.2. The second kappa shape index (κ2) is 7.38. The molecule has 0 atom stereocenters. The van der Waals surface area contributed by atoms with E-state index in [0.717, 1.165) is 0 Å². The molecule has 0 saturated heterocycles. The van der Waals surface area contributed by atoms with E-state index in [9.17, 15) is 19.3 Å². The van der Waals surface area contributed by atoms with Crippen LogP contribution in [0.4, 0.5) is 15.8 Å². The average Bonchev–Trinajstić information content (AvgIpc) is 2.46. The molecule has 2 aromatic carbocycles. The lowest BCUT2D eigenvalue weighted by Crippen LogP contribution is -2.21. The predicted octanol–water partition coefficient (Wildman–Crippen LogP) is 4.17. The Hall–Kier alpha value is -2.19. The van der Waals surface area contributed by atoms with E-state index in [1.165, 1.54) is 30.3 Å². The van der Waals surface area contributed by atoms with Gasteiger partial charge in [-0.2, -0.15) is 0 Å². The average molecular weight is 404 g/mol. The van der Waals surface area contributed by atoms with Gasteiger partial charge in [0.2, 0.25) is 0 Å². The number of amides is 1. The third kappa shape index (κ3) is 4.64. The first-order chi connectivity index (χ1) is 10.9. The van der Waals surface area contributed by atoms with Gasteiger partial charge in [0, 0.05) is 15.6 Å². The number of hydrogen-bond donors (Lipinski definition) is 1. The molecular weight excluding hydrogens is 395 g/mol. The van der Waals surface area contributed by atoms with E-state index in [1.807, 2.05) is 0 Å². The summed E-state index contributed by atoms with van der Waals surface area (Å²) in [6, 6.07) is 7.86. The fraction of sp³-hybridized carbons (Fsp3) is 0.0714. The number of halogens is 3. The molecule has 2 aromatic rings. The van der Waals surface area contributed by atoms with Crippen LogP contribution in [0, 0.1) is 15.9 Å². The summed E-state index contributed by atoms with van der Waals surface area (Å²) in [4.78, 5) is 22.1. The first-order valence-electron chi connectivity index (χ1n) is 6.18. The van der Waals surface area contributed by atoms with Crippen LogP contribution in [-0.2, 0) is 4.79 Å². The highest BCUT2D eigenvalue weighted by molar-refractivity contribution is 9.10. The molecule has 0 bridgehead atoms. The second-order valence-corrected chi connectivity index (χ2v) is 5.68. The van der Waals surface area contributed by atoms with E-state index in [2.05, 4.69) is 21.2 Å². The van der Waals surface area contributed by atoms with Gasteiger partial charge in [0.1, 0.15) is 5.69 Å². The number of ether oxygens (including phenoxy) is 1. The second-order valence-electron chi connectivity index (χ2n) is 4.33. The van der Waals surface area contributed by atoms with Crippen molar-refractivity contribution in [2.75, 3.05) is 11.9 Å². The number of nitrogens with one attached hydrogen (secondary N) is 1. The molecule has 0 aliphatic carbocycles. The van der Waals surface area contributed by atoms with Crippen LogP contribution in [0.25, 0.3) is 0 Å². The quantitative estimate of drug-likeness (QED) is 0.600. The molecule has 6 nitrogen and oxygen atoms in total. The Kier molecular flexibility index (Phi) is 5.51. The van der Waals surface area contributed by atoms with E-state index >= 15 is 0 Å².